The molecule has 3 N–H and O–H groups in total. The number of benzene rings is 2. The predicted octanol–water partition coefficient (Wildman–Crippen LogP) is 3.83. The average Bonchev–Trinajstić information content (AvgIpc) is 2.87. The van der Waals surface area contributed by atoms with E-state index in [9.17, 15) is 8.42 Å². The molecule has 4 aromatic rings. The van der Waals surface area contributed by atoms with E-state index in [0.717, 1.165) is 45.2 Å². The lowest BCUT2D eigenvalue weighted by atomic mass is 9.97. The van der Waals surface area contributed by atoms with Crippen LogP contribution in [0.4, 0.5) is 5.82 Å². The Morgan fingerprint density at radius 3 is 2.28 bits per heavy atom. The van der Waals surface area contributed by atoms with Crippen molar-refractivity contribution in [2.45, 2.75) is 18.7 Å². The van der Waals surface area contributed by atoms with E-state index < -0.39 is 15.2 Å². The molecule has 190 valence electrons. The lowest BCUT2D eigenvalue weighted by molar-refractivity contribution is 0.356. The minimum absolute atomic E-state index is 0.255. The Hall–Kier alpha value is -3.63. The number of nitrogens with one attached hydrogen (secondary N) is 1. The topological polar surface area (TPSA) is 126 Å². The van der Waals surface area contributed by atoms with E-state index >= 15 is 0 Å². The summed E-state index contributed by atoms with van der Waals surface area (Å²) in [5.74, 6) is 2.48. The Balaban J connectivity index is 1.94. The molecule has 9 nitrogen and oxygen atoms in total. The Bertz CT molecular complexity index is 1540. The van der Waals surface area contributed by atoms with Gasteiger partial charge in [-0.25, -0.2) is 13.4 Å². The van der Waals surface area contributed by atoms with Crippen LogP contribution in [0.3, 0.4) is 0 Å². The molecule has 36 heavy (non-hydrogen) atoms. The maximum Gasteiger partial charge on any atom is 0.168 e. The number of fused-ring (bicyclic) bond motifs is 2. The highest BCUT2D eigenvalue weighted by Gasteiger charge is 2.24. The molecule has 0 aliphatic carbocycles. The molecule has 0 aliphatic rings. The summed E-state index contributed by atoms with van der Waals surface area (Å²) in [4.78, 5) is 9.33. The van der Waals surface area contributed by atoms with Crippen molar-refractivity contribution in [3.8, 4) is 17.2 Å². The first kappa shape index (κ1) is 25.5. The zero-order valence-electron chi connectivity index (χ0n) is 21.0. The molecule has 0 spiro atoms. The first-order chi connectivity index (χ1) is 17.2. The first-order valence-corrected chi connectivity index (χ1v) is 13.3. The van der Waals surface area contributed by atoms with Crippen LogP contribution in [0.5, 0.6) is 17.2 Å². The number of pyridine rings is 2. The van der Waals surface area contributed by atoms with Crippen molar-refractivity contribution in [1.29, 1.82) is 0 Å². The van der Waals surface area contributed by atoms with Crippen molar-refractivity contribution in [2.24, 2.45) is 5.73 Å². The van der Waals surface area contributed by atoms with Crippen molar-refractivity contribution in [3.63, 3.8) is 0 Å². The van der Waals surface area contributed by atoms with Crippen LogP contribution in [0.2, 0.25) is 0 Å². The van der Waals surface area contributed by atoms with Crippen LogP contribution in [0.1, 0.15) is 29.1 Å². The zero-order valence-corrected chi connectivity index (χ0v) is 21.8. The fourth-order valence-electron chi connectivity index (χ4n) is 4.20. The highest BCUT2D eigenvalue weighted by molar-refractivity contribution is 7.90. The second-order valence-corrected chi connectivity index (χ2v) is 10.6. The van der Waals surface area contributed by atoms with Crippen molar-refractivity contribution in [3.05, 3.63) is 59.4 Å². The Morgan fingerprint density at radius 1 is 0.972 bits per heavy atom. The number of anilines is 1. The van der Waals surface area contributed by atoms with Gasteiger partial charge in [0.1, 0.15) is 11.6 Å². The Labute approximate surface area is 210 Å². The summed E-state index contributed by atoms with van der Waals surface area (Å²) in [6, 6.07) is 11.4. The molecule has 0 radical (unpaired) electrons. The van der Waals surface area contributed by atoms with Gasteiger partial charge in [-0.05, 0) is 59.8 Å². The van der Waals surface area contributed by atoms with Crippen molar-refractivity contribution in [1.82, 2.24) is 9.97 Å². The normalized spacial score (nSPS) is 12.5. The maximum absolute atomic E-state index is 12.3. The molecule has 0 saturated heterocycles. The summed E-state index contributed by atoms with van der Waals surface area (Å²) in [5.41, 5.74) is 9.02. The average molecular weight is 511 g/mol. The van der Waals surface area contributed by atoms with Gasteiger partial charge in [0.25, 0.3) is 0 Å². The largest absolute Gasteiger partial charge is 0.497 e. The van der Waals surface area contributed by atoms with Gasteiger partial charge in [0.05, 0.1) is 32.5 Å². The monoisotopic (exact) mass is 510 g/mol. The molecule has 0 aliphatic heterocycles. The van der Waals surface area contributed by atoms with Crippen molar-refractivity contribution >= 4 is 37.3 Å². The Morgan fingerprint density at radius 2 is 1.67 bits per heavy atom. The molecule has 1 unspecified atom stereocenters. The molecule has 0 amide bonds. The third kappa shape index (κ3) is 4.87. The lowest BCUT2D eigenvalue weighted by Crippen LogP contribution is -2.22. The molecule has 2 aromatic heterocycles. The van der Waals surface area contributed by atoms with Gasteiger partial charge < -0.3 is 25.3 Å². The SMILES string of the molecule is CCNc1nc2ccc(OC)cc2cc1Cc1cnc(C(N)S(C)(=O)=O)c2cc(OC)c(OC)cc12. The minimum Gasteiger partial charge on any atom is -0.497 e. The smallest absolute Gasteiger partial charge is 0.168 e. The van der Waals surface area contributed by atoms with Crippen LogP contribution >= 0.6 is 0 Å². The second kappa shape index (κ2) is 10.2. The van der Waals surface area contributed by atoms with E-state index in [1.807, 2.05) is 31.2 Å². The van der Waals surface area contributed by atoms with Crippen LogP contribution in [-0.2, 0) is 16.3 Å². The van der Waals surface area contributed by atoms with Gasteiger partial charge in [0.2, 0.25) is 0 Å². The molecule has 2 aromatic carbocycles. The summed E-state index contributed by atoms with van der Waals surface area (Å²) in [6.07, 6.45) is 3.24. The highest BCUT2D eigenvalue weighted by atomic mass is 32.2. The highest BCUT2D eigenvalue weighted by Crippen LogP contribution is 2.38. The summed E-state index contributed by atoms with van der Waals surface area (Å²) >= 11 is 0. The number of sulfone groups is 1. The van der Waals surface area contributed by atoms with Gasteiger partial charge in [-0.3, -0.25) is 4.98 Å². The zero-order chi connectivity index (χ0) is 26.0. The van der Waals surface area contributed by atoms with Crippen LogP contribution in [0.25, 0.3) is 21.7 Å². The van der Waals surface area contributed by atoms with Crippen LogP contribution < -0.4 is 25.3 Å². The van der Waals surface area contributed by atoms with Gasteiger partial charge in [0.15, 0.2) is 26.7 Å². The van der Waals surface area contributed by atoms with Crippen LogP contribution in [0, 0.1) is 0 Å². The van der Waals surface area contributed by atoms with Gasteiger partial charge in [-0.15, -0.1) is 0 Å². The van der Waals surface area contributed by atoms with E-state index in [4.69, 9.17) is 24.9 Å². The maximum atomic E-state index is 12.3. The van der Waals surface area contributed by atoms with Gasteiger partial charge >= 0.3 is 0 Å². The number of hydrogen-bond acceptors (Lipinski definition) is 9. The van der Waals surface area contributed by atoms with E-state index in [1.54, 1.807) is 26.5 Å². The van der Waals surface area contributed by atoms with Crippen molar-refractivity contribution in [2.75, 3.05) is 39.4 Å². The van der Waals surface area contributed by atoms with Gasteiger partial charge in [-0.2, -0.15) is 0 Å². The number of hydrogen-bond donors (Lipinski definition) is 2. The van der Waals surface area contributed by atoms with Gasteiger partial charge in [0, 0.05) is 36.2 Å². The number of aromatic nitrogens is 2. The molecule has 4 rings (SSSR count). The molecular weight excluding hydrogens is 480 g/mol. The van der Waals surface area contributed by atoms with E-state index in [-0.39, 0.29) is 5.69 Å². The molecule has 1 atom stereocenters. The summed E-state index contributed by atoms with van der Waals surface area (Å²) in [5, 5.41) is 4.37. The number of ether oxygens (including phenoxy) is 3. The van der Waals surface area contributed by atoms with Crippen LogP contribution in [-0.4, -0.2) is 52.5 Å². The third-order valence-electron chi connectivity index (χ3n) is 6.06. The fourth-order valence-corrected chi connectivity index (χ4v) is 4.79. The number of rotatable bonds is 9. The third-order valence-corrected chi connectivity index (χ3v) is 7.21. The molecule has 0 fully saturated rings. The quantitative estimate of drug-likeness (QED) is 0.345. The minimum atomic E-state index is -3.59. The molecule has 0 bridgehead atoms. The molecule has 0 saturated carbocycles. The number of methoxy groups -OCH3 is 3. The number of nitrogens with zero attached hydrogens (tertiary/aromatic N) is 2. The predicted molar refractivity (Wildman–Crippen MR) is 142 cm³/mol. The standard InChI is InChI=1S/C26H30N4O5S/c1-6-28-26-16(9-15-11-18(33-2)7-8-21(15)30-26)10-17-14-29-24(25(27)36(5,31)32)20-13-23(35-4)22(34-3)12-19(17)20/h7-9,11-14,25H,6,10,27H2,1-5H3,(H,28,30). The second-order valence-electron chi connectivity index (χ2n) is 8.43. The Kier molecular flexibility index (Phi) is 7.18. The van der Waals surface area contributed by atoms with E-state index in [2.05, 4.69) is 16.4 Å². The summed E-state index contributed by atoms with van der Waals surface area (Å²) in [6.45, 7) is 2.72. The fraction of sp³-hybridized carbons (Fsp3) is 0.308. The van der Waals surface area contributed by atoms with Crippen LogP contribution in [0.15, 0.2) is 42.6 Å². The summed E-state index contributed by atoms with van der Waals surface area (Å²) in [7, 11) is 1.12. The van der Waals surface area contributed by atoms with Crippen molar-refractivity contribution < 1.29 is 22.6 Å². The first-order valence-electron chi connectivity index (χ1n) is 11.4. The lowest BCUT2D eigenvalue weighted by Gasteiger charge is -2.18. The summed E-state index contributed by atoms with van der Waals surface area (Å²) < 4.78 is 40.9. The van der Waals surface area contributed by atoms with E-state index in [0.29, 0.717) is 29.9 Å². The van der Waals surface area contributed by atoms with Gasteiger partial charge in [-0.1, -0.05) is 0 Å². The molecule has 2 heterocycles. The molecule has 10 heteroatoms. The van der Waals surface area contributed by atoms with E-state index in [1.165, 1.54) is 7.11 Å². The molecular formula is C26H30N4O5S. The number of nitrogens with two attached hydrogens (primary N) is 1.